The van der Waals surface area contributed by atoms with Crippen LogP contribution in [0.15, 0.2) is 12.3 Å². The average molecular weight is 326 g/mol. The number of carbonyl (C=O) groups excluding carboxylic acids is 1. The van der Waals surface area contributed by atoms with Gasteiger partial charge in [-0.2, -0.15) is 5.10 Å². The Balaban J connectivity index is 1.65. The second kappa shape index (κ2) is 6.54. The van der Waals surface area contributed by atoms with E-state index in [2.05, 4.69) is 10.4 Å². The first-order valence-corrected chi connectivity index (χ1v) is 9.38. The molecular formula is C19H26N4O. The van der Waals surface area contributed by atoms with E-state index in [9.17, 15) is 4.79 Å². The number of amides is 1. The molecule has 5 nitrogen and oxygen atoms in total. The van der Waals surface area contributed by atoms with E-state index in [0.717, 1.165) is 48.0 Å². The monoisotopic (exact) mass is 326 g/mol. The molecule has 4 rings (SSSR count). The molecule has 2 aromatic rings. The van der Waals surface area contributed by atoms with Gasteiger partial charge < -0.3 is 5.32 Å². The van der Waals surface area contributed by atoms with E-state index >= 15 is 0 Å². The first-order valence-electron chi connectivity index (χ1n) is 9.38. The Labute approximate surface area is 142 Å². The minimum Gasteiger partial charge on any atom is -0.349 e. The molecule has 24 heavy (non-hydrogen) atoms. The number of carbonyl (C=O) groups is 1. The van der Waals surface area contributed by atoms with Gasteiger partial charge in [0.15, 0.2) is 5.65 Å². The number of aryl methyl sites for hydroxylation is 1. The van der Waals surface area contributed by atoms with Gasteiger partial charge in [0.1, 0.15) is 0 Å². The van der Waals surface area contributed by atoms with Crippen molar-refractivity contribution in [2.24, 2.45) is 0 Å². The normalized spacial score (nSPS) is 19.9. The van der Waals surface area contributed by atoms with E-state index in [-0.39, 0.29) is 5.91 Å². The third-order valence-electron chi connectivity index (χ3n) is 5.55. The van der Waals surface area contributed by atoms with Crippen LogP contribution in [-0.4, -0.2) is 26.7 Å². The molecule has 0 spiro atoms. The van der Waals surface area contributed by atoms with E-state index in [0.29, 0.717) is 12.1 Å². The van der Waals surface area contributed by atoms with Crippen LogP contribution in [0.1, 0.15) is 79.9 Å². The quantitative estimate of drug-likeness (QED) is 0.930. The molecule has 0 bridgehead atoms. The Bertz CT molecular complexity index is 739. The molecule has 0 radical (unpaired) electrons. The van der Waals surface area contributed by atoms with Crippen molar-refractivity contribution in [2.75, 3.05) is 0 Å². The first kappa shape index (κ1) is 15.6. The summed E-state index contributed by atoms with van der Waals surface area (Å²) in [5.74, 6) is 0.0309. The number of hydrogen-bond acceptors (Lipinski definition) is 3. The molecule has 0 saturated heterocycles. The highest BCUT2D eigenvalue weighted by Crippen LogP contribution is 2.32. The van der Waals surface area contributed by atoms with E-state index in [1.165, 1.54) is 32.1 Å². The highest BCUT2D eigenvalue weighted by atomic mass is 16.1. The van der Waals surface area contributed by atoms with E-state index < -0.39 is 0 Å². The maximum absolute atomic E-state index is 12.8. The van der Waals surface area contributed by atoms with Gasteiger partial charge in [-0.15, -0.1) is 0 Å². The van der Waals surface area contributed by atoms with Crippen LogP contribution in [0, 0.1) is 6.92 Å². The van der Waals surface area contributed by atoms with Crippen molar-refractivity contribution < 1.29 is 4.79 Å². The predicted molar refractivity (Wildman–Crippen MR) is 94.1 cm³/mol. The summed E-state index contributed by atoms with van der Waals surface area (Å²) in [6, 6.07) is 2.66. The molecule has 128 valence electrons. The van der Waals surface area contributed by atoms with Crippen LogP contribution in [0.3, 0.4) is 0 Å². The SMILES string of the molecule is Cc1cc(C(=O)NC2CCCCC2)c2cnn(C3CCCC3)c2n1. The number of aromatic nitrogens is 3. The Morgan fingerprint density at radius 1 is 1.12 bits per heavy atom. The zero-order valence-corrected chi connectivity index (χ0v) is 14.4. The summed E-state index contributed by atoms with van der Waals surface area (Å²) in [4.78, 5) is 17.5. The summed E-state index contributed by atoms with van der Waals surface area (Å²) in [6.45, 7) is 1.96. The van der Waals surface area contributed by atoms with Crippen molar-refractivity contribution in [3.05, 3.63) is 23.5 Å². The minimum atomic E-state index is 0.0309. The maximum Gasteiger partial charge on any atom is 0.252 e. The molecule has 0 aliphatic heterocycles. The molecule has 0 unspecified atom stereocenters. The lowest BCUT2D eigenvalue weighted by molar-refractivity contribution is 0.0929. The Morgan fingerprint density at radius 3 is 2.58 bits per heavy atom. The summed E-state index contributed by atoms with van der Waals surface area (Å²) >= 11 is 0. The number of nitrogens with one attached hydrogen (secondary N) is 1. The first-order chi connectivity index (χ1) is 11.7. The molecule has 2 fully saturated rings. The predicted octanol–water partition coefficient (Wildman–Crippen LogP) is 3.92. The van der Waals surface area contributed by atoms with Gasteiger partial charge in [-0.25, -0.2) is 9.67 Å². The molecule has 2 aliphatic rings. The summed E-state index contributed by atoms with van der Waals surface area (Å²) in [7, 11) is 0. The fourth-order valence-electron chi connectivity index (χ4n) is 4.26. The van der Waals surface area contributed by atoms with Crippen LogP contribution in [0.2, 0.25) is 0 Å². The average Bonchev–Trinajstić information content (AvgIpc) is 3.23. The minimum absolute atomic E-state index is 0.0309. The molecule has 1 N–H and O–H groups in total. The van der Waals surface area contributed by atoms with Crippen LogP contribution in [0.4, 0.5) is 0 Å². The van der Waals surface area contributed by atoms with Crippen molar-refractivity contribution in [1.29, 1.82) is 0 Å². The van der Waals surface area contributed by atoms with E-state index in [1.54, 1.807) is 0 Å². The van der Waals surface area contributed by atoms with Gasteiger partial charge in [-0.1, -0.05) is 32.1 Å². The van der Waals surface area contributed by atoms with Crippen molar-refractivity contribution in [3.63, 3.8) is 0 Å². The van der Waals surface area contributed by atoms with Crippen LogP contribution in [0.5, 0.6) is 0 Å². The number of fused-ring (bicyclic) bond motifs is 1. The van der Waals surface area contributed by atoms with Crippen molar-refractivity contribution in [2.45, 2.75) is 76.8 Å². The number of pyridine rings is 1. The standard InChI is InChI=1S/C19H26N4O/c1-13-11-16(19(24)22-14-7-3-2-4-8-14)17-12-20-23(18(17)21-13)15-9-5-6-10-15/h11-12,14-15H,2-10H2,1H3,(H,22,24). The molecule has 5 heteroatoms. The van der Waals surface area contributed by atoms with Gasteiger partial charge in [-0.3, -0.25) is 4.79 Å². The van der Waals surface area contributed by atoms with Crippen LogP contribution < -0.4 is 5.32 Å². The number of hydrogen-bond donors (Lipinski definition) is 1. The molecular weight excluding hydrogens is 300 g/mol. The van der Waals surface area contributed by atoms with Crippen LogP contribution >= 0.6 is 0 Å². The zero-order chi connectivity index (χ0) is 16.5. The summed E-state index contributed by atoms with van der Waals surface area (Å²) in [6.07, 6.45) is 12.6. The second-order valence-corrected chi connectivity index (χ2v) is 7.38. The topological polar surface area (TPSA) is 59.8 Å². The van der Waals surface area contributed by atoms with Crippen LogP contribution in [0.25, 0.3) is 11.0 Å². The molecule has 2 aliphatic carbocycles. The van der Waals surface area contributed by atoms with E-state index in [1.807, 2.05) is 23.9 Å². The van der Waals surface area contributed by atoms with Crippen molar-refractivity contribution in [1.82, 2.24) is 20.1 Å². The van der Waals surface area contributed by atoms with Gasteiger partial charge in [0.05, 0.1) is 23.2 Å². The lowest BCUT2D eigenvalue weighted by Gasteiger charge is -2.23. The molecule has 0 aromatic carbocycles. The zero-order valence-electron chi connectivity index (χ0n) is 14.4. The van der Waals surface area contributed by atoms with Crippen molar-refractivity contribution in [3.8, 4) is 0 Å². The molecule has 2 heterocycles. The summed E-state index contributed by atoms with van der Waals surface area (Å²) < 4.78 is 2.05. The number of nitrogens with zero attached hydrogens (tertiary/aromatic N) is 3. The Hall–Kier alpha value is -1.91. The van der Waals surface area contributed by atoms with Gasteiger partial charge in [-0.05, 0) is 38.7 Å². The van der Waals surface area contributed by atoms with Crippen molar-refractivity contribution >= 4 is 16.9 Å². The lowest BCUT2D eigenvalue weighted by atomic mass is 9.95. The molecule has 0 atom stereocenters. The smallest absolute Gasteiger partial charge is 0.252 e. The third kappa shape index (κ3) is 2.92. The number of rotatable bonds is 3. The highest BCUT2D eigenvalue weighted by Gasteiger charge is 2.24. The maximum atomic E-state index is 12.8. The molecule has 1 amide bonds. The molecule has 2 saturated carbocycles. The molecule has 2 aromatic heterocycles. The fraction of sp³-hybridized carbons (Fsp3) is 0.632. The van der Waals surface area contributed by atoms with Crippen LogP contribution in [-0.2, 0) is 0 Å². The Morgan fingerprint density at radius 2 is 1.83 bits per heavy atom. The largest absolute Gasteiger partial charge is 0.349 e. The van der Waals surface area contributed by atoms with Gasteiger partial charge in [0.25, 0.3) is 5.91 Å². The third-order valence-corrected chi connectivity index (χ3v) is 5.55. The highest BCUT2D eigenvalue weighted by molar-refractivity contribution is 6.05. The van der Waals surface area contributed by atoms with E-state index in [4.69, 9.17) is 4.98 Å². The van der Waals surface area contributed by atoms with Gasteiger partial charge >= 0.3 is 0 Å². The summed E-state index contributed by atoms with van der Waals surface area (Å²) in [5.41, 5.74) is 2.49. The second-order valence-electron chi connectivity index (χ2n) is 7.38. The summed E-state index contributed by atoms with van der Waals surface area (Å²) in [5, 5.41) is 8.70. The van der Waals surface area contributed by atoms with Gasteiger partial charge in [0, 0.05) is 11.7 Å². The lowest BCUT2D eigenvalue weighted by Crippen LogP contribution is -2.36. The Kier molecular flexibility index (Phi) is 4.25. The van der Waals surface area contributed by atoms with Gasteiger partial charge in [0.2, 0.25) is 0 Å². The fourth-order valence-corrected chi connectivity index (χ4v) is 4.26.